The Bertz CT molecular complexity index is 1130. The number of ether oxygens (including phenoxy) is 3. The number of benzene rings is 1. The molecule has 0 bridgehead atoms. The van der Waals surface area contributed by atoms with Crippen LogP contribution < -0.4 is 14.8 Å². The van der Waals surface area contributed by atoms with Crippen molar-refractivity contribution in [3.05, 3.63) is 52.1 Å². The SMILES string of the molecule is C/C=C\CCCC=O.CCCCCCCC(=O)CCC1CCCC1.CNCC(=O)Oc1ccc(/C=C/C(=O)OCCO[N+](=O)[O-])cc1OC. The smallest absolute Gasteiger partial charge is 0.330 e. The van der Waals surface area contributed by atoms with Gasteiger partial charge in [-0.2, -0.15) is 0 Å². The lowest BCUT2D eigenvalue weighted by atomic mass is 9.98. The summed E-state index contributed by atoms with van der Waals surface area (Å²) in [7, 11) is 3.04. The van der Waals surface area contributed by atoms with Crippen LogP contribution in [0.25, 0.3) is 6.08 Å². The Labute approximate surface area is 292 Å². The highest BCUT2D eigenvalue weighted by atomic mass is 17.0. The summed E-state index contributed by atoms with van der Waals surface area (Å²) < 4.78 is 15.0. The van der Waals surface area contributed by atoms with E-state index in [1.807, 2.05) is 13.0 Å². The Kier molecular flexibility index (Phi) is 28.6. The molecule has 1 aliphatic carbocycles. The van der Waals surface area contributed by atoms with E-state index in [2.05, 4.69) is 23.2 Å². The van der Waals surface area contributed by atoms with Crippen LogP contribution >= 0.6 is 0 Å². The number of nitrogens with zero attached hydrogens (tertiary/aromatic N) is 1. The molecule has 1 N–H and O–H groups in total. The van der Waals surface area contributed by atoms with Gasteiger partial charge in [0, 0.05) is 25.3 Å². The van der Waals surface area contributed by atoms with Crippen LogP contribution in [0.3, 0.4) is 0 Å². The monoisotopic (exact) mass is 690 g/mol. The van der Waals surface area contributed by atoms with Gasteiger partial charge in [-0.15, -0.1) is 10.1 Å². The number of carbonyl (C=O) groups is 4. The van der Waals surface area contributed by atoms with E-state index in [1.165, 1.54) is 77.0 Å². The number of esters is 2. The van der Waals surface area contributed by atoms with Crippen LogP contribution in [-0.2, 0) is 28.8 Å². The third-order valence-electron chi connectivity index (χ3n) is 7.46. The number of rotatable bonds is 23. The van der Waals surface area contributed by atoms with Crippen LogP contribution in [-0.4, -0.2) is 63.0 Å². The zero-order valence-corrected chi connectivity index (χ0v) is 30.0. The fourth-order valence-corrected chi connectivity index (χ4v) is 4.84. The minimum Gasteiger partial charge on any atom is -0.493 e. The molecule has 0 saturated heterocycles. The van der Waals surface area contributed by atoms with Crippen molar-refractivity contribution in [2.45, 2.75) is 110 Å². The van der Waals surface area contributed by atoms with Crippen molar-refractivity contribution in [2.75, 3.05) is 33.9 Å². The molecule has 0 unspecified atom stereocenters. The summed E-state index contributed by atoms with van der Waals surface area (Å²) in [5.74, 6) is 0.811. The van der Waals surface area contributed by atoms with Crippen LogP contribution in [0.4, 0.5) is 0 Å². The summed E-state index contributed by atoms with van der Waals surface area (Å²) in [6.45, 7) is 3.69. The Hall–Kier alpha value is -4.06. The van der Waals surface area contributed by atoms with E-state index >= 15 is 0 Å². The maximum atomic E-state index is 11.6. The van der Waals surface area contributed by atoms with Gasteiger partial charge in [-0.1, -0.05) is 76.5 Å². The number of hydrogen-bond acceptors (Lipinski definition) is 11. The van der Waals surface area contributed by atoms with Crippen LogP contribution in [0.1, 0.15) is 116 Å². The number of aldehydes is 1. The van der Waals surface area contributed by atoms with Gasteiger partial charge in [0.1, 0.15) is 25.3 Å². The summed E-state index contributed by atoms with van der Waals surface area (Å²) in [6.07, 6.45) is 25.1. The zero-order valence-electron chi connectivity index (χ0n) is 30.0. The van der Waals surface area contributed by atoms with Crippen molar-refractivity contribution in [2.24, 2.45) is 5.92 Å². The molecule has 0 heterocycles. The molecule has 1 aromatic rings. The third kappa shape index (κ3) is 26.6. The number of allylic oxidation sites excluding steroid dienone is 2. The van der Waals surface area contributed by atoms with Crippen molar-refractivity contribution in [1.82, 2.24) is 5.32 Å². The molecule has 276 valence electrons. The van der Waals surface area contributed by atoms with Crippen molar-refractivity contribution < 1.29 is 43.3 Å². The number of unbranched alkanes of at least 4 members (excludes halogenated alkanes) is 6. The van der Waals surface area contributed by atoms with Crippen LogP contribution in [0.2, 0.25) is 0 Å². The quantitative estimate of drug-likeness (QED) is 0.0178. The first-order chi connectivity index (χ1) is 23.7. The summed E-state index contributed by atoms with van der Waals surface area (Å²) in [5, 5.41) is 11.6. The lowest BCUT2D eigenvalue weighted by Crippen LogP contribution is -2.23. The minimum atomic E-state index is -0.971. The van der Waals surface area contributed by atoms with E-state index in [0.717, 1.165) is 50.4 Å². The molecule has 49 heavy (non-hydrogen) atoms. The van der Waals surface area contributed by atoms with Gasteiger partial charge in [-0.05, 0) is 69.3 Å². The molecule has 0 amide bonds. The van der Waals surface area contributed by atoms with Crippen molar-refractivity contribution >= 4 is 30.1 Å². The van der Waals surface area contributed by atoms with E-state index in [0.29, 0.717) is 23.5 Å². The normalized spacial score (nSPS) is 12.4. The van der Waals surface area contributed by atoms with Gasteiger partial charge in [0.2, 0.25) is 0 Å². The van der Waals surface area contributed by atoms with E-state index in [1.54, 1.807) is 19.2 Å². The molecule has 0 aliphatic heterocycles. The Morgan fingerprint density at radius 1 is 1.00 bits per heavy atom. The fourth-order valence-electron chi connectivity index (χ4n) is 4.84. The van der Waals surface area contributed by atoms with Crippen molar-refractivity contribution in [3.8, 4) is 11.5 Å². The number of hydrogen-bond donors (Lipinski definition) is 1. The topological polar surface area (TPSA) is 160 Å². The number of likely N-dealkylation sites (N-methyl/N-ethyl adjacent to an activating group) is 1. The van der Waals surface area contributed by atoms with Crippen molar-refractivity contribution in [3.63, 3.8) is 0 Å². The standard InChI is InChI=1S/C15H18N2O8.C15H28O.C7H12O/c1-16-10-15(19)25-12-5-3-11(9-13(12)22-2)4-6-14(18)23-7-8-24-17(20)21;1-2-3-4-5-6-11-15(16)13-12-14-9-7-8-10-14;1-2-3-4-5-6-7-8/h3-6,9,16H,7-8,10H2,1-2H3;14H,2-13H2,1H3;2-3,7H,4-6H2,1H3/b6-4+;;3-2-. The molecular weight excluding hydrogens is 632 g/mol. The molecule has 12 heteroatoms. The number of Topliss-reactive ketones (excluding diaryl/α,β-unsaturated/α-hetero) is 1. The molecule has 1 aliphatic rings. The number of nitrogens with one attached hydrogen (secondary N) is 1. The minimum absolute atomic E-state index is 0.0524. The molecule has 1 fully saturated rings. The van der Waals surface area contributed by atoms with Gasteiger partial charge in [-0.25, -0.2) is 4.79 Å². The second-order valence-corrected chi connectivity index (χ2v) is 11.5. The van der Waals surface area contributed by atoms with Gasteiger partial charge in [-0.3, -0.25) is 9.59 Å². The molecule has 0 radical (unpaired) electrons. The maximum absolute atomic E-state index is 11.6. The van der Waals surface area contributed by atoms with Gasteiger partial charge < -0.3 is 29.2 Å². The second kappa shape index (κ2) is 31.2. The predicted molar refractivity (Wildman–Crippen MR) is 190 cm³/mol. The van der Waals surface area contributed by atoms with E-state index in [-0.39, 0.29) is 25.5 Å². The molecule has 0 aromatic heterocycles. The Balaban J connectivity index is 0.000000815. The summed E-state index contributed by atoms with van der Waals surface area (Å²) in [5.41, 5.74) is 0.601. The van der Waals surface area contributed by atoms with E-state index in [9.17, 15) is 29.3 Å². The highest BCUT2D eigenvalue weighted by Gasteiger charge is 2.16. The fraction of sp³-hybridized carbons (Fsp3) is 0.622. The zero-order chi connectivity index (χ0) is 36.5. The molecular formula is C37H58N2O10. The number of ketones is 1. The second-order valence-electron chi connectivity index (χ2n) is 11.5. The van der Waals surface area contributed by atoms with Gasteiger partial charge in [0.15, 0.2) is 11.5 Å². The van der Waals surface area contributed by atoms with E-state index in [4.69, 9.17) is 14.2 Å². The first-order valence-corrected chi connectivity index (χ1v) is 17.4. The molecule has 12 nitrogen and oxygen atoms in total. The summed E-state index contributed by atoms with van der Waals surface area (Å²) >= 11 is 0. The number of carbonyl (C=O) groups excluding carboxylic acids is 4. The highest BCUT2D eigenvalue weighted by molar-refractivity contribution is 5.87. The first-order valence-electron chi connectivity index (χ1n) is 17.4. The highest BCUT2D eigenvalue weighted by Crippen LogP contribution is 2.29. The largest absolute Gasteiger partial charge is 0.493 e. The maximum Gasteiger partial charge on any atom is 0.330 e. The van der Waals surface area contributed by atoms with Crippen LogP contribution in [0, 0.1) is 16.0 Å². The molecule has 2 rings (SSSR count). The molecule has 0 spiro atoms. The molecule has 1 saturated carbocycles. The number of methoxy groups -OCH3 is 1. The Morgan fingerprint density at radius 2 is 1.73 bits per heavy atom. The average Bonchev–Trinajstić information content (AvgIpc) is 3.62. The third-order valence-corrected chi connectivity index (χ3v) is 7.46. The van der Waals surface area contributed by atoms with Crippen molar-refractivity contribution in [1.29, 1.82) is 0 Å². The van der Waals surface area contributed by atoms with Crippen LogP contribution in [0.15, 0.2) is 36.4 Å². The lowest BCUT2D eigenvalue weighted by Gasteiger charge is -2.09. The Morgan fingerprint density at radius 3 is 2.37 bits per heavy atom. The molecule has 1 aromatic carbocycles. The average molecular weight is 691 g/mol. The van der Waals surface area contributed by atoms with Gasteiger partial charge >= 0.3 is 11.9 Å². The summed E-state index contributed by atoms with van der Waals surface area (Å²) in [6, 6.07) is 4.72. The predicted octanol–water partition coefficient (Wildman–Crippen LogP) is 7.40. The van der Waals surface area contributed by atoms with Gasteiger partial charge in [0.05, 0.1) is 13.7 Å². The lowest BCUT2D eigenvalue weighted by molar-refractivity contribution is -0.757. The summed E-state index contributed by atoms with van der Waals surface area (Å²) in [4.78, 5) is 58.2. The molecule has 0 atom stereocenters. The first kappa shape index (κ1) is 44.9. The van der Waals surface area contributed by atoms with E-state index < -0.39 is 17.0 Å². The van der Waals surface area contributed by atoms with Gasteiger partial charge in [0.25, 0.3) is 5.09 Å². The van der Waals surface area contributed by atoms with Crippen LogP contribution in [0.5, 0.6) is 11.5 Å².